The molecule has 0 aliphatic carbocycles. The molecule has 7 heteroatoms. The molecule has 5 nitrogen and oxygen atoms in total. The van der Waals surface area contributed by atoms with Gasteiger partial charge in [0.2, 0.25) is 11.8 Å². The minimum atomic E-state index is -0.0584. The highest BCUT2D eigenvalue weighted by atomic mass is 35.5. The minimum Gasteiger partial charge on any atom is -0.338 e. The Balaban J connectivity index is 1.51. The van der Waals surface area contributed by atoms with Gasteiger partial charge in [-0.15, -0.1) is 22.9 Å². The van der Waals surface area contributed by atoms with E-state index < -0.39 is 0 Å². The molecule has 30 heavy (non-hydrogen) atoms. The summed E-state index contributed by atoms with van der Waals surface area (Å²) < 4.78 is 0. The molecule has 160 valence electrons. The average Bonchev–Trinajstić information content (AvgIpc) is 3.22. The van der Waals surface area contributed by atoms with E-state index in [-0.39, 0.29) is 29.8 Å². The summed E-state index contributed by atoms with van der Waals surface area (Å²) in [6.07, 6.45) is 0.983. The van der Waals surface area contributed by atoms with E-state index in [1.165, 1.54) is 21.6 Å². The zero-order chi connectivity index (χ0) is 21.3. The Hall–Kier alpha value is -1.89. The molecule has 2 aromatic rings. The number of halogens is 1. The van der Waals surface area contributed by atoms with Crippen LogP contribution in [0.1, 0.15) is 34.5 Å². The van der Waals surface area contributed by atoms with Gasteiger partial charge in [-0.2, -0.15) is 0 Å². The third-order valence-corrected chi connectivity index (χ3v) is 7.53. The number of fused-ring (bicyclic) bond motifs is 1. The van der Waals surface area contributed by atoms with Gasteiger partial charge in [-0.1, -0.05) is 24.3 Å². The maximum absolute atomic E-state index is 13.2. The molecule has 2 atom stereocenters. The molecule has 1 saturated heterocycles. The summed E-state index contributed by atoms with van der Waals surface area (Å²) in [6, 6.07) is 10.8. The van der Waals surface area contributed by atoms with Crippen molar-refractivity contribution >= 4 is 34.8 Å². The molecule has 0 spiro atoms. The third kappa shape index (κ3) is 4.13. The summed E-state index contributed by atoms with van der Waals surface area (Å²) in [5, 5.41) is 2.16. The fourth-order valence-electron chi connectivity index (χ4n) is 4.70. The molecule has 0 saturated carbocycles. The van der Waals surface area contributed by atoms with E-state index in [0.29, 0.717) is 26.2 Å². The lowest BCUT2D eigenvalue weighted by molar-refractivity contribution is -0.142. The van der Waals surface area contributed by atoms with Crippen LogP contribution in [0, 0.1) is 6.92 Å². The fraction of sp³-hybridized carbons (Fsp3) is 0.478. The van der Waals surface area contributed by atoms with E-state index in [1.54, 1.807) is 4.90 Å². The van der Waals surface area contributed by atoms with Gasteiger partial charge in [-0.05, 0) is 48.4 Å². The first kappa shape index (κ1) is 21.3. The fourth-order valence-corrected chi connectivity index (χ4v) is 5.76. The van der Waals surface area contributed by atoms with E-state index in [4.69, 9.17) is 11.6 Å². The Morgan fingerprint density at radius 2 is 1.90 bits per heavy atom. The Bertz CT molecular complexity index is 931. The van der Waals surface area contributed by atoms with Gasteiger partial charge in [0.05, 0.1) is 12.6 Å². The van der Waals surface area contributed by atoms with Gasteiger partial charge in [0, 0.05) is 37.1 Å². The molecule has 0 radical (unpaired) electrons. The summed E-state index contributed by atoms with van der Waals surface area (Å²) in [5.74, 6) is 0.0710. The topological polar surface area (TPSA) is 43.9 Å². The Morgan fingerprint density at radius 3 is 2.63 bits per heavy atom. The number of carbonyl (C=O) groups is 2. The number of rotatable bonds is 4. The second kappa shape index (κ2) is 9.08. The predicted octanol–water partition coefficient (Wildman–Crippen LogP) is 3.30. The minimum absolute atomic E-state index is 0.00680. The van der Waals surface area contributed by atoms with Crippen LogP contribution in [0.4, 0.5) is 0 Å². The standard InChI is InChI=1S/C23H28ClN3O2S/c1-16-5-3-4-6-18(16)23-19-8-12-30-20(19)7-9-26(23)15-22(29)25-10-11-27(17(2)14-25)21(28)13-24/h3-6,8,12,17,23H,7,9-11,13-15H2,1-2H3/t17-,23+/m1/s1. The van der Waals surface area contributed by atoms with Crippen molar-refractivity contribution in [3.8, 4) is 0 Å². The predicted molar refractivity (Wildman–Crippen MR) is 121 cm³/mol. The van der Waals surface area contributed by atoms with Crippen molar-refractivity contribution in [2.45, 2.75) is 32.4 Å². The highest BCUT2D eigenvalue weighted by Gasteiger charge is 2.34. The lowest BCUT2D eigenvalue weighted by Crippen LogP contribution is -2.57. The summed E-state index contributed by atoms with van der Waals surface area (Å²) in [5.41, 5.74) is 3.86. The largest absolute Gasteiger partial charge is 0.338 e. The number of piperazine rings is 1. The van der Waals surface area contributed by atoms with E-state index in [2.05, 4.69) is 47.5 Å². The lowest BCUT2D eigenvalue weighted by Gasteiger charge is -2.42. The number of amides is 2. The van der Waals surface area contributed by atoms with E-state index in [1.807, 2.05) is 23.2 Å². The molecule has 2 aliphatic rings. The number of alkyl halides is 1. The van der Waals surface area contributed by atoms with Crippen LogP contribution in [0.5, 0.6) is 0 Å². The van der Waals surface area contributed by atoms with Crippen molar-refractivity contribution in [1.82, 2.24) is 14.7 Å². The van der Waals surface area contributed by atoms with Crippen LogP contribution in [-0.2, 0) is 16.0 Å². The van der Waals surface area contributed by atoms with Crippen molar-refractivity contribution in [3.63, 3.8) is 0 Å². The first-order valence-corrected chi connectivity index (χ1v) is 11.9. The van der Waals surface area contributed by atoms with E-state index in [9.17, 15) is 9.59 Å². The van der Waals surface area contributed by atoms with Crippen molar-refractivity contribution in [3.05, 3.63) is 57.3 Å². The summed E-state index contributed by atoms with van der Waals surface area (Å²) in [4.78, 5) is 32.6. The van der Waals surface area contributed by atoms with Crippen LogP contribution >= 0.6 is 22.9 Å². The number of nitrogens with zero attached hydrogens (tertiary/aromatic N) is 3. The molecule has 2 aliphatic heterocycles. The Labute approximate surface area is 187 Å². The summed E-state index contributed by atoms with van der Waals surface area (Å²) in [6.45, 7) is 7.08. The highest BCUT2D eigenvalue weighted by Crippen LogP contribution is 2.38. The SMILES string of the molecule is Cc1ccccc1[C@H]1c2ccsc2CCN1CC(=O)N1CCN(C(=O)CCl)[C@H](C)C1. The molecular weight excluding hydrogens is 418 g/mol. The van der Waals surface area contributed by atoms with Gasteiger partial charge in [0.15, 0.2) is 0 Å². The number of hydrogen-bond acceptors (Lipinski definition) is 4. The molecule has 0 unspecified atom stereocenters. The van der Waals surface area contributed by atoms with Crippen LogP contribution in [0.2, 0.25) is 0 Å². The maximum Gasteiger partial charge on any atom is 0.237 e. The number of benzene rings is 1. The Morgan fingerprint density at radius 1 is 1.10 bits per heavy atom. The maximum atomic E-state index is 13.2. The molecule has 4 rings (SSSR count). The number of carbonyl (C=O) groups excluding carboxylic acids is 2. The monoisotopic (exact) mass is 445 g/mol. The molecule has 2 amide bonds. The molecule has 0 N–H and O–H groups in total. The van der Waals surface area contributed by atoms with E-state index >= 15 is 0 Å². The second-order valence-corrected chi connectivity index (χ2v) is 9.46. The number of thiophene rings is 1. The van der Waals surface area contributed by atoms with Gasteiger partial charge in [0.1, 0.15) is 5.88 Å². The third-order valence-electron chi connectivity index (χ3n) is 6.30. The van der Waals surface area contributed by atoms with Gasteiger partial charge < -0.3 is 9.80 Å². The van der Waals surface area contributed by atoms with Crippen LogP contribution in [0.15, 0.2) is 35.7 Å². The molecule has 1 fully saturated rings. The van der Waals surface area contributed by atoms with E-state index in [0.717, 1.165) is 13.0 Å². The zero-order valence-electron chi connectivity index (χ0n) is 17.5. The Kier molecular flexibility index (Phi) is 6.46. The molecule has 3 heterocycles. The van der Waals surface area contributed by atoms with Crippen LogP contribution in [-0.4, -0.2) is 71.2 Å². The zero-order valence-corrected chi connectivity index (χ0v) is 19.1. The molecule has 1 aromatic carbocycles. The van der Waals surface area contributed by atoms with Crippen LogP contribution in [0.3, 0.4) is 0 Å². The van der Waals surface area contributed by atoms with Crippen LogP contribution in [0.25, 0.3) is 0 Å². The lowest BCUT2D eigenvalue weighted by atomic mass is 9.90. The molecule has 1 aromatic heterocycles. The number of hydrogen-bond donors (Lipinski definition) is 0. The summed E-state index contributed by atoms with van der Waals surface area (Å²) in [7, 11) is 0. The van der Waals surface area contributed by atoms with Gasteiger partial charge >= 0.3 is 0 Å². The second-order valence-electron chi connectivity index (χ2n) is 8.19. The first-order valence-electron chi connectivity index (χ1n) is 10.5. The molecular formula is C23H28ClN3O2S. The average molecular weight is 446 g/mol. The normalized spacial score (nSPS) is 22.1. The first-order chi connectivity index (χ1) is 14.5. The smallest absolute Gasteiger partial charge is 0.237 e. The van der Waals surface area contributed by atoms with Crippen molar-refractivity contribution in [2.24, 2.45) is 0 Å². The van der Waals surface area contributed by atoms with Crippen molar-refractivity contribution in [1.29, 1.82) is 0 Å². The quantitative estimate of drug-likeness (QED) is 0.678. The molecule has 0 bridgehead atoms. The summed E-state index contributed by atoms with van der Waals surface area (Å²) >= 11 is 7.53. The van der Waals surface area contributed by atoms with Crippen LogP contribution < -0.4 is 0 Å². The van der Waals surface area contributed by atoms with Crippen molar-refractivity contribution in [2.75, 3.05) is 38.6 Å². The van der Waals surface area contributed by atoms with Gasteiger partial charge in [-0.25, -0.2) is 0 Å². The number of aryl methyl sites for hydroxylation is 1. The van der Waals surface area contributed by atoms with Gasteiger partial charge in [-0.3, -0.25) is 14.5 Å². The van der Waals surface area contributed by atoms with Crippen molar-refractivity contribution < 1.29 is 9.59 Å². The van der Waals surface area contributed by atoms with Gasteiger partial charge in [0.25, 0.3) is 0 Å². The highest BCUT2D eigenvalue weighted by molar-refractivity contribution is 7.10.